The third kappa shape index (κ3) is 3.00. The molecule has 1 N–H and O–H groups in total. The summed E-state index contributed by atoms with van der Waals surface area (Å²) in [5.74, 6) is 0.815. The largest absolute Gasteiger partial charge is 0.447 e. The first kappa shape index (κ1) is 12.0. The van der Waals surface area contributed by atoms with Gasteiger partial charge >= 0.3 is 0 Å². The van der Waals surface area contributed by atoms with Crippen LogP contribution in [0, 0.1) is 0 Å². The van der Waals surface area contributed by atoms with Crippen LogP contribution in [-0.2, 0) is 6.54 Å². The minimum Gasteiger partial charge on any atom is -0.447 e. The van der Waals surface area contributed by atoms with Crippen molar-refractivity contribution >= 4 is 27.3 Å². The number of rotatable bonds is 4. The van der Waals surface area contributed by atoms with E-state index in [4.69, 9.17) is 4.42 Å². The van der Waals surface area contributed by atoms with Crippen molar-refractivity contribution < 1.29 is 4.42 Å². The molecule has 90 valence electrons. The Labute approximate surface area is 109 Å². The molecule has 0 saturated heterocycles. The van der Waals surface area contributed by atoms with Gasteiger partial charge in [0.1, 0.15) is 5.76 Å². The number of halogens is 1. The number of hydrogen-bond acceptors (Lipinski definition) is 4. The summed E-state index contributed by atoms with van der Waals surface area (Å²) in [5.41, 5.74) is 2.19. The Balaban J connectivity index is 2.16. The first-order chi connectivity index (χ1) is 8.16. The highest BCUT2D eigenvalue weighted by atomic mass is 79.9. The second-order valence-electron chi connectivity index (χ2n) is 3.88. The molecule has 5 heteroatoms. The lowest BCUT2D eigenvalue weighted by Gasteiger charge is -2.18. The lowest BCUT2D eigenvalue weighted by atomic mass is 10.2. The molecule has 0 aliphatic carbocycles. The molecular formula is C12H14BrN3O. The monoisotopic (exact) mass is 295 g/mol. The molecule has 0 spiro atoms. The number of hydrogen-bond donors (Lipinski definition) is 1. The van der Waals surface area contributed by atoms with Crippen LogP contribution in [0.4, 0.5) is 11.4 Å². The summed E-state index contributed by atoms with van der Waals surface area (Å²) in [6, 6.07) is 6.13. The van der Waals surface area contributed by atoms with Crippen LogP contribution in [-0.4, -0.2) is 19.1 Å². The van der Waals surface area contributed by atoms with E-state index >= 15 is 0 Å². The molecule has 0 bridgehead atoms. The van der Waals surface area contributed by atoms with Crippen molar-refractivity contribution in [2.24, 2.45) is 0 Å². The van der Waals surface area contributed by atoms with Gasteiger partial charge in [-0.1, -0.05) is 15.9 Å². The van der Waals surface area contributed by atoms with E-state index in [0.29, 0.717) is 6.54 Å². The topological polar surface area (TPSA) is 41.3 Å². The average molecular weight is 296 g/mol. The van der Waals surface area contributed by atoms with Crippen molar-refractivity contribution in [3.05, 3.63) is 41.0 Å². The molecule has 0 saturated carbocycles. The number of oxazole rings is 1. The van der Waals surface area contributed by atoms with Crippen LogP contribution >= 0.6 is 15.9 Å². The van der Waals surface area contributed by atoms with Crippen LogP contribution < -0.4 is 10.2 Å². The van der Waals surface area contributed by atoms with Gasteiger partial charge in [-0.05, 0) is 18.2 Å². The molecule has 4 nitrogen and oxygen atoms in total. The zero-order valence-electron chi connectivity index (χ0n) is 9.77. The fourth-order valence-corrected chi connectivity index (χ4v) is 1.91. The van der Waals surface area contributed by atoms with Crippen LogP contribution in [0.15, 0.2) is 39.7 Å². The van der Waals surface area contributed by atoms with E-state index in [9.17, 15) is 0 Å². The van der Waals surface area contributed by atoms with Gasteiger partial charge in [0.25, 0.3) is 0 Å². The molecule has 0 radical (unpaired) electrons. The van der Waals surface area contributed by atoms with Gasteiger partial charge < -0.3 is 14.6 Å². The molecule has 0 atom stereocenters. The van der Waals surface area contributed by atoms with E-state index in [-0.39, 0.29) is 0 Å². The van der Waals surface area contributed by atoms with Crippen molar-refractivity contribution in [1.82, 2.24) is 4.98 Å². The molecule has 0 aliphatic rings. The van der Waals surface area contributed by atoms with Gasteiger partial charge in [-0.25, -0.2) is 4.98 Å². The van der Waals surface area contributed by atoms with Crippen LogP contribution in [0.25, 0.3) is 0 Å². The zero-order chi connectivity index (χ0) is 12.3. The van der Waals surface area contributed by atoms with E-state index < -0.39 is 0 Å². The van der Waals surface area contributed by atoms with Crippen molar-refractivity contribution in [3.63, 3.8) is 0 Å². The Kier molecular flexibility index (Phi) is 3.68. The van der Waals surface area contributed by atoms with Crippen LogP contribution in [0.3, 0.4) is 0 Å². The summed E-state index contributed by atoms with van der Waals surface area (Å²) in [6.07, 6.45) is 3.14. The molecule has 1 heterocycles. The van der Waals surface area contributed by atoms with E-state index in [1.807, 2.05) is 26.2 Å². The van der Waals surface area contributed by atoms with Gasteiger partial charge in [-0.2, -0.15) is 0 Å². The molecule has 1 aromatic carbocycles. The van der Waals surface area contributed by atoms with Gasteiger partial charge in [0, 0.05) is 18.6 Å². The van der Waals surface area contributed by atoms with Crippen molar-refractivity contribution in [1.29, 1.82) is 0 Å². The Bertz CT molecular complexity index is 483. The maximum absolute atomic E-state index is 5.19. The average Bonchev–Trinajstić information content (AvgIpc) is 2.78. The third-order valence-electron chi connectivity index (χ3n) is 2.38. The maximum atomic E-state index is 5.19. The maximum Gasteiger partial charge on any atom is 0.180 e. The highest BCUT2D eigenvalue weighted by Crippen LogP contribution is 2.28. The molecule has 0 unspecified atom stereocenters. The standard InChI is InChI=1S/C12H14BrN3O/c1-16(2)12-4-3-9(13)5-11(12)15-7-10-6-14-8-17-10/h3-6,8,15H,7H2,1-2H3. The Morgan fingerprint density at radius 2 is 2.24 bits per heavy atom. The van der Waals surface area contributed by atoms with Crippen molar-refractivity contribution in [2.75, 3.05) is 24.3 Å². The summed E-state index contributed by atoms with van der Waals surface area (Å²) in [5, 5.41) is 3.33. The fourth-order valence-electron chi connectivity index (χ4n) is 1.55. The Morgan fingerprint density at radius 3 is 2.88 bits per heavy atom. The first-order valence-corrected chi connectivity index (χ1v) is 6.04. The molecule has 2 aromatic rings. The summed E-state index contributed by atoms with van der Waals surface area (Å²) < 4.78 is 6.23. The number of anilines is 2. The smallest absolute Gasteiger partial charge is 0.180 e. The lowest BCUT2D eigenvalue weighted by molar-refractivity contribution is 0.512. The number of nitrogens with one attached hydrogen (secondary N) is 1. The molecular weight excluding hydrogens is 282 g/mol. The van der Waals surface area contributed by atoms with Gasteiger partial charge in [0.2, 0.25) is 0 Å². The highest BCUT2D eigenvalue weighted by Gasteiger charge is 2.05. The molecule has 0 aliphatic heterocycles. The predicted molar refractivity (Wildman–Crippen MR) is 72.3 cm³/mol. The normalized spacial score (nSPS) is 10.3. The minimum absolute atomic E-state index is 0.622. The second-order valence-corrected chi connectivity index (χ2v) is 4.79. The molecule has 1 aromatic heterocycles. The van der Waals surface area contributed by atoms with Crippen LogP contribution in [0.1, 0.15) is 5.76 Å². The first-order valence-electron chi connectivity index (χ1n) is 5.25. The number of aromatic nitrogens is 1. The van der Waals surface area contributed by atoms with Crippen molar-refractivity contribution in [3.8, 4) is 0 Å². The van der Waals surface area contributed by atoms with E-state index in [0.717, 1.165) is 21.6 Å². The summed E-state index contributed by atoms with van der Waals surface area (Å²) >= 11 is 3.47. The van der Waals surface area contributed by atoms with E-state index in [2.05, 4.69) is 37.2 Å². The second kappa shape index (κ2) is 5.23. The van der Waals surface area contributed by atoms with E-state index in [1.165, 1.54) is 6.39 Å². The van der Waals surface area contributed by atoms with Crippen LogP contribution in [0.2, 0.25) is 0 Å². The fraction of sp³-hybridized carbons (Fsp3) is 0.250. The van der Waals surface area contributed by atoms with E-state index in [1.54, 1.807) is 6.20 Å². The Hall–Kier alpha value is -1.49. The summed E-state index contributed by atoms with van der Waals surface area (Å²) in [6.45, 7) is 0.622. The molecule has 0 amide bonds. The SMILES string of the molecule is CN(C)c1ccc(Br)cc1NCc1cnco1. The number of benzene rings is 1. The Morgan fingerprint density at radius 1 is 1.41 bits per heavy atom. The lowest BCUT2D eigenvalue weighted by Crippen LogP contribution is -2.12. The van der Waals surface area contributed by atoms with Gasteiger partial charge in [0.15, 0.2) is 6.39 Å². The van der Waals surface area contributed by atoms with Crippen LogP contribution in [0.5, 0.6) is 0 Å². The zero-order valence-corrected chi connectivity index (χ0v) is 11.4. The van der Waals surface area contributed by atoms with Gasteiger partial charge in [-0.15, -0.1) is 0 Å². The quantitative estimate of drug-likeness (QED) is 0.941. The molecule has 0 fully saturated rings. The molecule has 17 heavy (non-hydrogen) atoms. The predicted octanol–water partition coefficient (Wildman–Crippen LogP) is 3.12. The third-order valence-corrected chi connectivity index (χ3v) is 2.87. The minimum atomic E-state index is 0.622. The van der Waals surface area contributed by atoms with Crippen molar-refractivity contribution in [2.45, 2.75) is 6.54 Å². The van der Waals surface area contributed by atoms with Gasteiger partial charge in [0.05, 0.1) is 24.1 Å². The highest BCUT2D eigenvalue weighted by molar-refractivity contribution is 9.10. The van der Waals surface area contributed by atoms with Gasteiger partial charge in [-0.3, -0.25) is 0 Å². The summed E-state index contributed by atoms with van der Waals surface area (Å²) in [7, 11) is 4.03. The number of nitrogens with zero attached hydrogens (tertiary/aromatic N) is 2. The molecule has 2 rings (SSSR count). The summed E-state index contributed by atoms with van der Waals surface area (Å²) in [4.78, 5) is 5.95.